The van der Waals surface area contributed by atoms with Crippen molar-refractivity contribution in [1.29, 1.82) is 0 Å². The van der Waals surface area contributed by atoms with Gasteiger partial charge >= 0.3 is 5.97 Å². The highest BCUT2D eigenvalue weighted by atomic mass is 32.2. The number of amidine groups is 1. The topological polar surface area (TPSA) is 94.1 Å². The number of amides is 2. The highest BCUT2D eigenvalue weighted by Crippen LogP contribution is 2.32. The zero-order valence-electron chi connectivity index (χ0n) is 12.7. The van der Waals surface area contributed by atoms with Gasteiger partial charge in [-0.15, -0.1) is 0 Å². The minimum Gasteiger partial charge on any atom is -0.493 e. The van der Waals surface area contributed by atoms with E-state index in [1.165, 1.54) is 21.0 Å². The minimum absolute atomic E-state index is 0.238. The predicted molar refractivity (Wildman–Crippen MR) is 86.1 cm³/mol. The molecule has 2 amide bonds. The molecule has 0 atom stereocenters. The molecule has 0 unspecified atom stereocenters. The van der Waals surface area contributed by atoms with Crippen LogP contribution < -0.4 is 14.8 Å². The lowest BCUT2D eigenvalue weighted by molar-refractivity contribution is -0.132. The van der Waals surface area contributed by atoms with Crippen LogP contribution in [0.3, 0.4) is 0 Å². The molecule has 1 aliphatic rings. The molecule has 1 aliphatic heterocycles. The first-order valence-corrected chi connectivity index (χ1v) is 7.37. The van der Waals surface area contributed by atoms with E-state index in [0.717, 1.165) is 11.8 Å². The third kappa shape index (κ3) is 4.43. The van der Waals surface area contributed by atoms with Gasteiger partial charge in [-0.3, -0.25) is 14.4 Å². The summed E-state index contributed by atoms with van der Waals surface area (Å²) in [7, 11) is 1.46. The molecule has 0 bridgehead atoms. The fraction of sp³-hybridized carbons (Fsp3) is 0.200. The van der Waals surface area contributed by atoms with Gasteiger partial charge in [-0.2, -0.15) is 4.99 Å². The maximum atomic E-state index is 11.8. The number of carbonyl (C=O) groups excluding carboxylic acids is 3. The highest BCUT2D eigenvalue weighted by molar-refractivity contribution is 8.18. The first-order valence-electron chi connectivity index (χ1n) is 6.55. The van der Waals surface area contributed by atoms with Gasteiger partial charge in [0.05, 0.1) is 12.0 Å². The molecule has 1 aromatic rings. The molecule has 0 radical (unpaired) electrons. The molecule has 0 aromatic heterocycles. The Bertz CT molecular complexity index is 739. The molecule has 7 nitrogen and oxygen atoms in total. The Kier molecular flexibility index (Phi) is 5.17. The molecule has 0 saturated carbocycles. The van der Waals surface area contributed by atoms with Crippen LogP contribution in [0, 0.1) is 0 Å². The molecule has 1 heterocycles. The van der Waals surface area contributed by atoms with Gasteiger partial charge in [0, 0.05) is 13.8 Å². The zero-order valence-corrected chi connectivity index (χ0v) is 13.5. The molecular formula is C15H14N2O5S. The predicted octanol–water partition coefficient (Wildman–Crippen LogP) is 1.73. The van der Waals surface area contributed by atoms with Gasteiger partial charge in [0.2, 0.25) is 5.91 Å². The second kappa shape index (κ2) is 7.10. The molecule has 1 N–H and O–H groups in total. The molecular weight excluding hydrogens is 320 g/mol. The standard InChI is InChI=1S/C15H14N2O5S/c1-8(18)16-15-17-14(20)13(23-15)7-10-4-5-11(21-3)12(6-10)22-9(2)19/h4-7H,1-3H3,(H,16,17,18,20)/b13-7-. The number of hydrogen-bond acceptors (Lipinski definition) is 6. The van der Waals surface area contributed by atoms with E-state index < -0.39 is 11.9 Å². The number of thioether (sulfide) groups is 1. The lowest BCUT2D eigenvalue weighted by Crippen LogP contribution is -2.23. The van der Waals surface area contributed by atoms with Crippen LogP contribution in [-0.2, 0) is 14.4 Å². The number of hydrogen-bond donors (Lipinski definition) is 1. The van der Waals surface area contributed by atoms with Gasteiger partial charge in [-0.25, -0.2) is 0 Å². The van der Waals surface area contributed by atoms with Crippen LogP contribution >= 0.6 is 11.8 Å². The van der Waals surface area contributed by atoms with Gasteiger partial charge < -0.3 is 14.8 Å². The van der Waals surface area contributed by atoms with Crippen molar-refractivity contribution < 1.29 is 23.9 Å². The molecule has 2 rings (SSSR count). The zero-order chi connectivity index (χ0) is 17.0. The first kappa shape index (κ1) is 16.8. The summed E-state index contributed by atoms with van der Waals surface area (Å²) in [6, 6.07) is 4.92. The molecule has 0 aliphatic carbocycles. The van der Waals surface area contributed by atoms with Crippen LogP contribution in [0.5, 0.6) is 11.5 Å². The Morgan fingerprint density at radius 2 is 2.00 bits per heavy atom. The van der Waals surface area contributed by atoms with E-state index in [4.69, 9.17) is 9.47 Å². The van der Waals surface area contributed by atoms with E-state index in [1.54, 1.807) is 24.3 Å². The Morgan fingerprint density at radius 1 is 1.26 bits per heavy atom. The molecule has 0 spiro atoms. The third-order valence-electron chi connectivity index (χ3n) is 2.64. The van der Waals surface area contributed by atoms with E-state index in [0.29, 0.717) is 16.2 Å². The lowest BCUT2D eigenvalue weighted by Gasteiger charge is -2.08. The Morgan fingerprint density at radius 3 is 2.61 bits per heavy atom. The number of aliphatic imine (C=N–C) groups is 1. The molecule has 23 heavy (non-hydrogen) atoms. The number of ether oxygens (including phenoxy) is 2. The van der Waals surface area contributed by atoms with Gasteiger partial charge in [0.25, 0.3) is 5.91 Å². The third-order valence-corrected chi connectivity index (χ3v) is 3.54. The summed E-state index contributed by atoms with van der Waals surface area (Å²) in [5, 5.41) is 2.71. The Balaban J connectivity index is 2.25. The summed E-state index contributed by atoms with van der Waals surface area (Å²) in [4.78, 5) is 38.0. The van der Waals surface area contributed by atoms with Gasteiger partial charge in [-0.05, 0) is 35.5 Å². The number of carbonyl (C=O) groups is 3. The van der Waals surface area contributed by atoms with Gasteiger partial charge in [0.1, 0.15) is 0 Å². The smallest absolute Gasteiger partial charge is 0.308 e. The van der Waals surface area contributed by atoms with Crippen molar-refractivity contribution in [1.82, 2.24) is 5.32 Å². The van der Waals surface area contributed by atoms with Crippen LogP contribution in [0.15, 0.2) is 28.1 Å². The van der Waals surface area contributed by atoms with E-state index in [2.05, 4.69) is 10.3 Å². The maximum Gasteiger partial charge on any atom is 0.308 e. The van der Waals surface area contributed by atoms with Crippen molar-refractivity contribution in [2.24, 2.45) is 4.99 Å². The van der Waals surface area contributed by atoms with Crippen LogP contribution in [-0.4, -0.2) is 30.1 Å². The van der Waals surface area contributed by atoms with Crippen molar-refractivity contribution in [3.63, 3.8) is 0 Å². The molecule has 0 saturated heterocycles. The summed E-state index contributed by atoms with van der Waals surface area (Å²) in [5.41, 5.74) is 0.636. The number of nitrogens with zero attached hydrogens (tertiary/aromatic N) is 1. The largest absolute Gasteiger partial charge is 0.493 e. The number of rotatable bonds is 3. The molecule has 120 valence electrons. The summed E-state index contributed by atoms with van der Waals surface area (Å²) < 4.78 is 10.2. The van der Waals surface area contributed by atoms with Gasteiger partial charge in [0.15, 0.2) is 16.7 Å². The number of methoxy groups -OCH3 is 1. The summed E-state index contributed by atoms with van der Waals surface area (Å²) >= 11 is 1.06. The van der Waals surface area contributed by atoms with Crippen molar-refractivity contribution in [2.45, 2.75) is 13.8 Å². The SMILES string of the molecule is COc1ccc(/C=C2\SC(NC(C)=O)=NC2=O)cc1OC(C)=O. The van der Waals surface area contributed by atoms with Crippen LogP contribution in [0.25, 0.3) is 6.08 Å². The van der Waals surface area contributed by atoms with E-state index in [-0.39, 0.29) is 16.8 Å². The van der Waals surface area contributed by atoms with Crippen LogP contribution in [0.4, 0.5) is 0 Å². The van der Waals surface area contributed by atoms with Crippen molar-refractivity contribution >= 4 is 40.8 Å². The Labute approximate surface area is 136 Å². The second-order valence-corrected chi connectivity index (χ2v) is 5.55. The number of benzene rings is 1. The average Bonchev–Trinajstić information content (AvgIpc) is 2.77. The average molecular weight is 334 g/mol. The molecule has 0 fully saturated rings. The van der Waals surface area contributed by atoms with E-state index >= 15 is 0 Å². The van der Waals surface area contributed by atoms with Crippen LogP contribution in [0.1, 0.15) is 19.4 Å². The van der Waals surface area contributed by atoms with Gasteiger partial charge in [-0.1, -0.05) is 6.07 Å². The van der Waals surface area contributed by atoms with E-state index in [1.807, 2.05) is 0 Å². The monoisotopic (exact) mass is 334 g/mol. The fourth-order valence-corrected chi connectivity index (χ4v) is 2.64. The molecule has 1 aromatic carbocycles. The normalized spacial score (nSPS) is 15.3. The Hall–Kier alpha value is -2.61. The summed E-state index contributed by atoms with van der Waals surface area (Å²) in [6.07, 6.45) is 1.59. The van der Waals surface area contributed by atoms with Crippen molar-refractivity contribution in [3.8, 4) is 11.5 Å². The number of nitrogens with one attached hydrogen (secondary N) is 1. The first-order chi connectivity index (χ1) is 10.9. The molecule has 8 heteroatoms. The summed E-state index contributed by atoms with van der Waals surface area (Å²) in [6.45, 7) is 2.62. The quantitative estimate of drug-likeness (QED) is 0.514. The van der Waals surface area contributed by atoms with Crippen LogP contribution in [0.2, 0.25) is 0 Å². The lowest BCUT2D eigenvalue weighted by atomic mass is 10.2. The second-order valence-electron chi connectivity index (χ2n) is 4.52. The summed E-state index contributed by atoms with van der Waals surface area (Å²) in [5.74, 6) is -0.554. The highest BCUT2D eigenvalue weighted by Gasteiger charge is 2.22. The number of esters is 1. The van der Waals surface area contributed by atoms with Crippen molar-refractivity contribution in [2.75, 3.05) is 7.11 Å². The fourth-order valence-electron chi connectivity index (χ4n) is 1.78. The maximum absolute atomic E-state index is 11.8. The minimum atomic E-state index is -0.476. The van der Waals surface area contributed by atoms with E-state index in [9.17, 15) is 14.4 Å². The van der Waals surface area contributed by atoms with Crippen molar-refractivity contribution in [3.05, 3.63) is 28.7 Å².